The number of aromatic nitrogens is 3. The summed E-state index contributed by atoms with van der Waals surface area (Å²) in [5.74, 6) is -0.147. The van der Waals surface area contributed by atoms with Crippen LogP contribution in [0.25, 0.3) is 0 Å². The van der Waals surface area contributed by atoms with E-state index in [9.17, 15) is 12.8 Å². The highest BCUT2D eigenvalue weighted by Gasteiger charge is 2.23. The molecule has 0 aromatic carbocycles. The summed E-state index contributed by atoms with van der Waals surface area (Å²) in [6.45, 7) is 1.53. The molecule has 0 atom stereocenters. The maximum Gasteiger partial charge on any atom is 0.244 e. The van der Waals surface area contributed by atoms with E-state index in [4.69, 9.17) is 4.52 Å². The molecule has 0 aliphatic carbocycles. The molecule has 9 heteroatoms. The maximum atomic E-state index is 13.0. The predicted molar refractivity (Wildman–Crippen MR) is 61.9 cm³/mol. The topological polar surface area (TPSA) is 89.2 Å². The average Bonchev–Trinajstić information content (AvgIpc) is 2.74. The molecule has 2 heterocycles. The minimum Gasteiger partial charge on any atom is -0.340 e. The van der Waals surface area contributed by atoms with Crippen LogP contribution in [0.15, 0.2) is 27.9 Å². The zero-order valence-electron chi connectivity index (χ0n) is 10.2. The normalized spacial score (nSPS) is 12.0. The Morgan fingerprint density at radius 1 is 1.42 bits per heavy atom. The molecule has 0 amide bonds. The predicted octanol–water partition coefficient (Wildman–Crippen LogP) is 0.733. The zero-order chi connectivity index (χ0) is 14.0. The molecule has 0 bridgehead atoms. The smallest absolute Gasteiger partial charge is 0.244 e. The lowest BCUT2D eigenvalue weighted by Gasteiger charge is -2.14. The average molecular weight is 286 g/mol. The van der Waals surface area contributed by atoms with Crippen LogP contribution in [0.5, 0.6) is 0 Å². The first kappa shape index (κ1) is 13.6. The highest BCUT2D eigenvalue weighted by Crippen LogP contribution is 2.15. The molecule has 0 radical (unpaired) electrons. The molecule has 0 N–H and O–H groups in total. The summed E-state index contributed by atoms with van der Waals surface area (Å²) in [6, 6.07) is 0.903. The van der Waals surface area contributed by atoms with E-state index in [0.717, 1.165) is 22.8 Å². The van der Waals surface area contributed by atoms with Crippen LogP contribution >= 0.6 is 0 Å². The fraction of sp³-hybridized carbons (Fsp3) is 0.300. The van der Waals surface area contributed by atoms with E-state index < -0.39 is 15.8 Å². The highest BCUT2D eigenvalue weighted by molar-refractivity contribution is 7.89. The molecule has 2 rings (SSSR count). The van der Waals surface area contributed by atoms with Crippen molar-refractivity contribution in [2.75, 3.05) is 7.05 Å². The van der Waals surface area contributed by atoms with Crippen molar-refractivity contribution in [2.24, 2.45) is 0 Å². The molecule has 0 fully saturated rings. The third-order valence-corrected chi connectivity index (χ3v) is 4.09. The van der Waals surface area contributed by atoms with Crippen molar-refractivity contribution in [3.8, 4) is 0 Å². The van der Waals surface area contributed by atoms with E-state index in [1.54, 1.807) is 6.92 Å². The second-order valence-electron chi connectivity index (χ2n) is 3.83. The van der Waals surface area contributed by atoms with Gasteiger partial charge in [0.15, 0.2) is 5.82 Å². The van der Waals surface area contributed by atoms with Gasteiger partial charge in [-0.25, -0.2) is 12.8 Å². The number of halogens is 1. The molecule has 2 aromatic heterocycles. The standard InChI is InChI=1S/C10H11FN4O3S/c1-7-13-10(14-18-7)6-15(2)19(16,17)9-3-8(11)4-12-5-9/h3-5H,6H2,1-2H3. The van der Waals surface area contributed by atoms with E-state index in [1.165, 1.54) is 7.05 Å². The summed E-state index contributed by atoms with van der Waals surface area (Å²) in [5, 5.41) is 3.60. The number of aryl methyl sites for hydroxylation is 1. The van der Waals surface area contributed by atoms with Gasteiger partial charge in [-0.2, -0.15) is 9.29 Å². The molecule has 0 aliphatic rings. The van der Waals surface area contributed by atoms with Crippen molar-refractivity contribution in [1.29, 1.82) is 0 Å². The van der Waals surface area contributed by atoms with Gasteiger partial charge in [0, 0.05) is 20.2 Å². The van der Waals surface area contributed by atoms with Crippen molar-refractivity contribution in [3.63, 3.8) is 0 Å². The Bertz CT molecular complexity index is 686. The Morgan fingerprint density at radius 2 is 2.16 bits per heavy atom. The van der Waals surface area contributed by atoms with Gasteiger partial charge in [-0.15, -0.1) is 0 Å². The van der Waals surface area contributed by atoms with Crippen LogP contribution in [0.3, 0.4) is 0 Å². The number of sulfonamides is 1. The van der Waals surface area contributed by atoms with E-state index in [2.05, 4.69) is 15.1 Å². The third-order valence-electron chi connectivity index (χ3n) is 2.32. The fourth-order valence-electron chi connectivity index (χ4n) is 1.40. The number of nitrogens with zero attached hydrogens (tertiary/aromatic N) is 4. The molecule has 0 unspecified atom stereocenters. The van der Waals surface area contributed by atoms with Crippen molar-refractivity contribution in [2.45, 2.75) is 18.4 Å². The molecule has 2 aromatic rings. The fourth-order valence-corrected chi connectivity index (χ4v) is 2.50. The van der Waals surface area contributed by atoms with Crippen LogP contribution in [-0.2, 0) is 16.6 Å². The molecule has 19 heavy (non-hydrogen) atoms. The van der Waals surface area contributed by atoms with Crippen LogP contribution in [0.1, 0.15) is 11.7 Å². The van der Waals surface area contributed by atoms with Crippen molar-refractivity contribution in [3.05, 3.63) is 36.0 Å². The molecular weight excluding hydrogens is 275 g/mol. The van der Waals surface area contributed by atoms with Crippen molar-refractivity contribution < 1.29 is 17.3 Å². The summed E-state index contributed by atoms with van der Waals surface area (Å²) in [5.41, 5.74) is 0. The van der Waals surface area contributed by atoms with Gasteiger partial charge >= 0.3 is 0 Å². The van der Waals surface area contributed by atoms with Gasteiger partial charge in [0.1, 0.15) is 10.7 Å². The maximum absolute atomic E-state index is 13.0. The zero-order valence-corrected chi connectivity index (χ0v) is 11.1. The Kier molecular flexibility index (Phi) is 3.58. The van der Waals surface area contributed by atoms with E-state index >= 15 is 0 Å². The van der Waals surface area contributed by atoms with Gasteiger partial charge in [0.2, 0.25) is 15.9 Å². The number of rotatable bonds is 4. The van der Waals surface area contributed by atoms with Crippen LogP contribution in [0.4, 0.5) is 4.39 Å². The first-order valence-electron chi connectivity index (χ1n) is 5.25. The number of pyridine rings is 1. The molecule has 0 saturated heterocycles. The van der Waals surface area contributed by atoms with Gasteiger partial charge in [-0.05, 0) is 6.07 Å². The molecule has 0 saturated carbocycles. The summed E-state index contributed by atoms with van der Waals surface area (Å²) < 4.78 is 43.0. The van der Waals surface area contributed by atoms with Gasteiger partial charge in [0.05, 0.1) is 12.7 Å². The summed E-state index contributed by atoms with van der Waals surface area (Å²) in [4.78, 5) is 7.19. The minimum atomic E-state index is -3.84. The SMILES string of the molecule is Cc1nc(CN(C)S(=O)(=O)c2cncc(F)c2)no1. The molecule has 0 aliphatic heterocycles. The Balaban J connectivity index is 2.24. The Labute approximate surface area is 109 Å². The summed E-state index contributed by atoms with van der Waals surface area (Å²) in [7, 11) is -2.50. The van der Waals surface area contributed by atoms with Crippen LogP contribution in [0.2, 0.25) is 0 Å². The summed E-state index contributed by atoms with van der Waals surface area (Å²) in [6.07, 6.45) is 2.01. The lowest BCUT2D eigenvalue weighted by molar-refractivity contribution is 0.377. The lowest BCUT2D eigenvalue weighted by atomic mass is 10.5. The van der Waals surface area contributed by atoms with Crippen LogP contribution in [0, 0.1) is 12.7 Å². The van der Waals surface area contributed by atoms with Gasteiger partial charge in [-0.3, -0.25) is 4.98 Å². The Morgan fingerprint density at radius 3 is 2.74 bits per heavy atom. The molecule has 102 valence electrons. The van der Waals surface area contributed by atoms with E-state index in [-0.39, 0.29) is 17.3 Å². The minimum absolute atomic E-state index is 0.0732. The van der Waals surface area contributed by atoms with Crippen molar-refractivity contribution in [1.82, 2.24) is 19.4 Å². The lowest BCUT2D eigenvalue weighted by Crippen LogP contribution is -2.27. The van der Waals surface area contributed by atoms with Crippen LogP contribution in [-0.4, -0.2) is 34.9 Å². The largest absolute Gasteiger partial charge is 0.340 e. The molecular formula is C10H11FN4O3S. The monoisotopic (exact) mass is 286 g/mol. The first-order valence-corrected chi connectivity index (χ1v) is 6.69. The highest BCUT2D eigenvalue weighted by atomic mass is 32.2. The molecule has 7 nitrogen and oxygen atoms in total. The van der Waals surface area contributed by atoms with Gasteiger partial charge in [0.25, 0.3) is 0 Å². The molecule has 0 spiro atoms. The van der Waals surface area contributed by atoms with Crippen molar-refractivity contribution >= 4 is 10.0 Å². The summed E-state index contributed by atoms with van der Waals surface area (Å²) >= 11 is 0. The number of hydrogen-bond donors (Lipinski definition) is 0. The Hall–Kier alpha value is -1.87. The second kappa shape index (κ2) is 5.02. The van der Waals surface area contributed by atoms with E-state index in [1.807, 2.05) is 0 Å². The van der Waals surface area contributed by atoms with E-state index in [0.29, 0.717) is 5.89 Å². The third kappa shape index (κ3) is 2.93. The second-order valence-corrected chi connectivity index (χ2v) is 5.87. The quantitative estimate of drug-likeness (QED) is 0.823. The number of hydrogen-bond acceptors (Lipinski definition) is 6. The van der Waals surface area contributed by atoms with Gasteiger partial charge in [-0.1, -0.05) is 5.16 Å². The van der Waals surface area contributed by atoms with Crippen LogP contribution < -0.4 is 0 Å². The first-order chi connectivity index (χ1) is 8.89. The van der Waals surface area contributed by atoms with Gasteiger partial charge < -0.3 is 4.52 Å².